The van der Waals surface area contributed by atoms with Crippen molar-refractivity contribution in [3.05, 3.63) is 29.3 Å². The highest BCUT2D eigenvalue weighted by Gasteiger charge is 2.07. The number of hydrogen-bond acceptors (Lipinski definition) is 4. The van der Waals surface area contributed by atoms with E-state index in [2.05, 4.69) is 4.18 Å². The van der Waals surface area contributed by atoms with Crippen LogP contribution in [0.3, 0.4) is 0 Å². The van der Waals surface area contributed by atoms with Gasteiger partial charge in [0.15, 0.2) is 0 Å². The molecule has 0 heterocycles. The maximum atomic E-state index is 10.6. The van der Waals surface area contributed by atoms with E-state index in [0.717, 1.165) is 11.1 Å². The van der Waals surface area contributed by atoms with Crippen molar-refractivity contribution >= 4 is 10.3 Å². The van der Waals surface area contributed by atoms with Crippen LogP contribution in [-0.2, 0) is 21.1 Å². The molecule has 2 N–H and O–H groups in total. The summed E-state index contributed by atoms with van der Waals surface area (Å²) in [5.41, 5.74) is 1.56. The fourth-order valence-electron chi connectivity index (χ4n) is 1.18. The molecule has 5 nitrogen and oxygen atoms in total. The Kier molecular flexibility index (Phi) is 3.67. The topological polar surface area (TPSA) is 78.6 Å². The number of benzene rings is 1. The van der Waals surface area contributed by atoms with Gasteiger partial charge in [0.1, 0.15) is 5.75 Å². The van der Waals surface area contributed by atoms with E-state index in [-0.39, 0.29) is 6.61 Å². The van der Waals surface area contributed by atoms with Crippen LogP contribution in [0.15, 0.2) is 18.2 Å². The van der Waals surface area contributed by atoms with E-state index in [1.54, 1.807) is 25.3 Å². The number of hydrogen-bond donors (Lipinski definition) is 1. The molecule has 0 aliphatic carbocycles. The molecule has 0 saturated heterocycles. The molecule has 0 spiro atoms. The van der Waals surface area contributed by atoms with Gasteiger partial charge in [0.2, 0.25) is 0 Å². The molecule has 0 bridgehead atoms. The van der Waals surface area contributed by atoms with E-state index in [4.69, 9.17) is 9.88 Å². The zero-order valence-corrected chi connectivity index (χ0v) is 9.37. The highest BCUT2D eigenvalue weighted by atomic mass is 32.2. The molecular weight excluding hydrogens is 218 g/mol. The van der Waals surface area contributed by atoms with Gasteiger partial charge in [-0.25, -0.2) is 5.14 Å². The van der Waals surface area contributed by atoms with Crippen LogP contribution in [0.1, 0.15) is 11.1 Å². The second kappa shape index (κ2) is 4.61. The van der Waals surface area contributed by atoms with Gasteiger partial charge in [-0.3, -0.25) is 4.18 Å². The second-order valence-electron chi connectivity index (χ2n) is 3.00. The van der Waals surface area contributed by atoms with Crippen LogP contribution >= 0.6 is 0 Å². The molecule has 0 fully saturated rings. The zero-order chi connectivity index (χ0) is 11.5. The van der Waals surface area contributed by atoms with E-state index in [1.807, 2.05) is 6.92 Å². The maximum Gasteiger partial charge on any atom is 0.333 e. The Labute approximate surface area is 89.1 Å². The third-order valence-corrected chi connectivity index (χ3v) is 2.44. The SMILES string of the molecule is COc1cccc(COS(N)(=O)=O)c1C. The van der Waals surface area contributed by atoms with Crippen LogP contribution in [0.2, 0.25) is 0 Å². The second-order valence-corrected chi connectivity index (χ2v) is 4.22. The Bertz CT molecular complexity index is 441. The van der Waals surface area contributed by atoms with Gasteiger partial charge in [0, 0.05) is 0 Å². The van der Waals surface area contributed by atoms with E-state index in [9.17, 15) is 8.42 Å². The Morgan fingerprint density at radius 2 is 2.07 bits per heavy atom. The number of nitrogens with two attached hydrogens (primary N) is 1. The molecule has 0 aromatic heterocycles. The molecule has 0 amide bonds. The number of rotatable bonds is 4. The van der Waals surface area contributed by atoms with E-state index >= 15 is 0 Å². The van der Waals surface area contributed by atoms with Gasteiger partial charge in [-0.05, 0) is 24.1 Å². The minimum atomic E-state index is -3.90. The van der Waals surface area contributed by atoms with Gasteiger partial charge in [0.25, 0.3) is 0 Å². The first-order valence-electron chi connectivity index (χ1n) is 4.23. The van der Waals surface area contributed by atoms with Gasteiger partial charge in [-0.15, -0.1) is 0 Å². The molecule has 0 unspecified atom stereocenters. The first-order valence-corrected chi connectivity index (χ1v) is 5.71. The van der Waals surface area contributed by atoms with Gasteiger partial charge in [-0.1, -0.05) is 12.1 Å². The Morgan fingerprint density at radius 3 is 2.60 bits per heavy atom. The fraction of sp³-hybridized carbons (Fsp3) is 0.333. The minimum absolute atomic E-state index is 0.0815. The zero-order valence-electron chi connectivity index (χ0n) is 8.56. The highest BCUT2D eigenvalue weighted by molar-refractivity contribution is 7.84. The number of ether oxygens (including phenoxy) is 1. The molecule has 1 aromatic carbocycles. The smallest absolute Gasteiger partial charge is 0.333 e. The maximum absolute atomic E-state index is 10.6. The molecule has 1 aromatic rings. The van der Waals surface area contributed by atoms with Crippen molar-refractivity contribution in [1.29, 1.82) is 0 Å². The quantitative estimate of drug-likeness (QED) is 0.828. The summed E-state index contributed by atoms with van der Waals surface area (Å²) < 4.78 is 30.8. The molecule has 0 aliphatic rings. The monoisotopic (exact) mass is 231 g/mol. The highest BCUT2D eigenvalue weighted by Crippen LogP contribution is 2.21. The Hall–Kier alpha value is -1.11. The largest absolute Gasteiger partial charge is 0.496 e. The lowest BCUT2D eigenvalue weighted by Gasteiger charge is -2.09. The van der Waals surface area contributed by atoms with E-state index in [1.165, 1.54) is 0 Å². The molecule has 1 rings (SSSR count). The van der Waals surface area contributed by atoms with Crippen LogP contribution in [0, 0.1) is 6.92 Å². The van der Waals surface area contributed by atoms with Crippen LogP contribution in [0.25, 0.3) is 0 Å². The van der Waals surface area contributed by atoms with Crippen molar-refractivity contribution in [1.82, 2.24) is 0 Å². The van der Waals surface area contributed by atoms with Gasteiger partial charge < -0.3 is 4.74 Å². The lowest BCUT2D eigenvalue weighted by Crippen LogP contribution is -2.15. The van der Waals surface area contributed by atoms with Crippen molar-refractivity contribution < 1.29 is 17.3 Å². The summed E-state index contributed by atoms with van der Waals surface area (Å²) in [6.45, 7) is 1.74. The van der Waals surface area contributed by atoms with Crippen LogP contribution in [0.5, 0.6) is 5.75 Å². The summed E-state index contributed by atoms with van der Waals surface area (Å²) in [5.74, 6) is 0.686. The van der Waals surface area contributed by atoms with Gasteiger partial charge in [-0.2, -0.15) is 8.42 Å². The molecule has 0 saturated carbocycles. The Balaban J connectivity index is 2.87. The predicted molar refractivity (Wildman–Crippen MR) is 55.6 cm³/mol. The third kappa shape index (κ3) is 3.50. The van der Waals surface area contributed by atoms with Crippen LogP contribution < -0.4 is 9.88 Å². The summed E-state index contributed by atoms with van der Waals surface area (Å²) in [7, 11) is -2.35. The molecule has 0 radical (unpaired) electrons. The summed E-state index contributed by atoms with van der Waals surface area (Å²) in [4.78, 5) is 0. The minimum Gasteiger partial charge on any atom is -0.496 e. The molecule has 0 atom stereocenters. The average Bonchev–Trinajstić information content (AvgIpc) is 2.15. The van der Waals surface area contributed by atoms with Gasteiger partial charge in [0.05, 0.1) is 13.7 Å². The van der Waals surface area contributed by atoms with Crippen molar-refractivity contribution in [2.24, 2.45) is 5.14 Å². The number of methoxy groups -OCH3 is 1. The lowest BCUT2D eigenvalue weighted by atomic mass is 10.1. The lowest BCUT2D eigenvalue weighted by molar-refractivity contribution is 0.306. The summed E-state index contributed by atoms with van der Waals surface area (Å²) in [5, 5.41) is 4.72. The summed E-state index contributed by atoms with van der Waals surface area (Å²) in [6, 6.07) is 5.30. The normalized spacial score (nSPS) is 11.4. The van der Waals surface area contributed by atoms with Crippen molar-refractivity contribution in [3.63, 3.8) is 0 Å². The standard InChI is InChI=1S/C9H13NO4S/c1-7-8(6-14-15(10,11)12)4-3-5-9(7)13-2/h3-5H,6H2,1-2H3,(H2,10,11,12). The third-order valence-electron chi connectivity index (χ3n) is 1.99. The van der Waals surface area contributed by atoms with Crippen LogP contribution in [0.4, 0.5) is 0 Å². The first-order chi connectivity index (χ1) is 6.94. The molecule has 15 heavy (non-hydrogen) atoms. The Morgan fingerprint density at radius 1 is 1.40 bits per heavy atom. The average molecular weight is 231 g/mol. The van der Waals surface area contributed by atoms with Gasteiger partial charge >= 0.3 is 10.3 Å². The van der Waals surface area contributed by atoms with E-state index in [0.29, 0.717) is 5.75 Å². The predicted octanol–water partition coefficient (Wildman–Crippen LogP) is 0.724. The van der Waals surface area contributed by atoms with Crippen molar-refractivity contribution in [2.75, 3.05) is 7.11 Å². The molecule has 84 valence electrons. The van der Waals surface area contributed by atoms with Crippen molar-refractivity contribution in [2.45, 2.75) is 13.5 Å². The molecule has 0 aliphatic heterocycles. The summed E-state index contributed by atoms with van der Waals surface area (Å²) in [6.07, 6.45) is 0. The summed E-state index contributed by atoms with van der Waals surface area (Å²) >= 11 is 0. The molecular formula is C9H13NO4S. The van der Waals surface area contributed by atoms with Crippen LogP contribution in [-0.4, -0.2) is 15.5 Å². The van der Waals surface area contributed by atoms with E-state index < -0.39 is 10.3 Å². The molecule has 6 heteroatoms. The van der Waals surface area contributed by atoms with Crippen molar-refractivity contribution in [3.8, 4) is 5.75 Å². The fourth-order valence-corrected chi connectivity index (χ4v) is 1.47. The first kappa shape index (κ1) is 12.0.